The summed E-state index contributed by atoms with van der Waals surface area (Å²) >= 11 is 0. The molecule has 0 aliphatic rings. The van der Waals surface area contributed by atoms with Crippen molar-refractivity contribution in [2.45, 2.75) is 90.9 Å². The number of hydrogen-bond acceptors (Lipinski definition) is 1. The van der Waals surface area contributed by atoms with Gasteiger partial charge in [-0.3, -0.25) is 0 Å². The summed E-state index contributed by atoms with van der Waals surface area (Å²) in [7, 11) is -1.75. The van der Waals surface area contributed by atoms with Crippen molar-refractivity contribution >= 4 is 7.14 Å². The smallest absolute Gasteiger partial charge is 0.0845 e. The van der Waals surface area contributed by atoms with Gasteiger partial charge in [-0.1, -0.05) is 84.5 Å². The molecule has 0 bridgehead atoms. The van der Waals surface area contributed by atoms with Gasteiger partial charge in [0.25, 0.3) is 0 Å². The average Bonchev–Trinajstić information content (AvgIpc) is 2.40. The summed E-state index contributed by atoms with van der Waals surface area (Å²) in [5, 5.41) is 0. The van der Waals surface area contributed by atoms with E-state index in [4.69, 9.17) is 0 Å². The van der Waals surface area contributed by atoms with Crippen LogP contribution in [0.2, 0.25) is 0 Å². The van der Waals surface area contributed by atoms with Gasteiger partial charge in [-0.2, -0.15) is 0 Å². The number of unbranched alkanes of at least 4 members (excludes halogenated alkanes) is 11. The Morgan fingerprint density at radius 3 is 1.37 bits per heavy atom. The summed E-state index contributed by atoms with van der Waals surface area (Å²) < 4.78 is 11.9. The van der Waals surface area contributed by atoms with Crippen LogP contribution in [0, 0.1) is 0 Å². The molecular weight excluding hydrogens is 251 g/mol. The van der Waals surface area contributed by atoms with Gasteiger partial charge in [-0.15, -0.1) is 0 Å². The Morgan fingerprint density at radius 2 is 1.00 bits per heavy atom. The first-order valence-corrected chi connectivity index (χ1v) is 11.2. The molecule has 1 atom stereocenters. The molecule has 1 unspecified atom stereocenters. The monoisotopic (exact) mass is 288 g/mol. The van der Waals surface area contributed by atoms with E-state index in [1.165, 1.54) is 77.0 Å². The zero-order valence-electron chi connectivity index (χ0n) is 13.8. The molecule has 0 fully saturated rings. The maximum Gasteiger partial charge on any atom is 0.0845 e. The highest BCUT2D eigenvalue weighted by Crippen LogP contribution is 2.41. The van der Waals surface area contributed by atoms with Gasteiger partial charge in [-0.05, 0) is 19.2 Å². The standard InChI is InChI=1S/C17H37OP/c1-4-6-7-8-9-10-11-12-13-14-15-16-17-19(3,18)5-2/h4-17H2,1-3H3. The van der Waals surface area contributed by atoms with Gasteiger partial charge in [-0.25, -0.2) is 0 Å². The summed E-state index contributed by atoms with van der Waals surface area (Å²) in [6.45, 7) is 6.30. The second-order valence-electron chi connectivity index (χ2n) is 6.23. The molecule has 0 aliphatic carbocycles. The van der Waals surface area contributed by atoms with E-state index in [2.05, 4.69) is 13.8 Å². The van der Waals surface area contributed by atoms with Gasteiger partial charge < -0.3 is 4.57 Å². The molecule has 1 nitrogen and oxygen atoms in total. The normalized spacial score (nSPS) is 14.5. The molecule has 0 aliphatic heterocycles. The fourth-order valence-electron chi connectivity index (χ4n) is 2.45. The molecule has 116 valence electrons. The summed E-state index contributed by atoms with van der Waals surface area (Å²) in [5.41, 5.74) is 0. The maximum atomic E-state index is 11.9. The molecule has 0 radical (unpaired) electrons. The van der Waals surface area contributed by atoms with Crippen LogP contribution >= 0.6 is 7.14 Å². The first kappa shape index (κ1) is 19.2. The largest absolute Gasteiger partial charge is 0.324 e. The first-order chi connectivity index (χ1) is 9.12. The highest BCUT2D eigenvalue weighted by Gasteiger charge is 2.10. The maximum absolute atomic E-state index is 11.9. The Labute approximate surface area is 122 Å². The van der Waals surface area contributed by atoms with E-state index in [1.54, 1.807) is 0 Å². The molecule has 0 rings (SSSR count). The molecule has 0 aromatic carbocycles. The molecule has 0 heterocycles. The van der Waals surface area contributed by atoms with E-state index in [0.717, 1.165) is 12.3 Å². The lowest BCUT2D eigenvalue weighted by atomic mass is 10.1. The first-order valence-electron chi connectivity index (χ1n) is 8.68. The van der Waals surface area contributed by atoms with E-state index in [9.17, 15) is 4.57 Å². The Hall–Kier alpha value is 0.230. The lowest BCUT2D eigenvalue weighted by Gasteiger charge is -2.09. The van der Waals surface area contributed by atoms with Crippen LogP contribution in [0.15, 0.2) is 0 Å². The summed E-state index contributed by atoms with van der Waals surface area (Å²) in [6, 6.07) is 0. The van der Waals surface area contributed by atoms with Crippen molar-refractivity contribution in [2.24, 2.45) is 0 Å². The fourth-order valence-corrected chi connectivity index (χ4v) is 3.65. The van der Waals surface area contributed by atoms with Gasteiger partial charge >= 0.3 is 0 Å². The Balaban J connectivity index is 3.09. The topological polar surface area (TPSA) is 17.1 Å². The molecule has 0 amide bonds. The summed E-state index contributed by atoms with van der Waals surface area (Å²) in [4.78, 5) is 0. The van der Waals surface area contributed by atoms with Gasteiger partial charge in [0.05, 0.1) is 7.14 Å². The van der Waals surface area contributed by atoms with Crippen molar-refractivity contribution in [1.82, 2.24) is 0 Å². The lowest BCUT2D eigenvalue weighted by Crippen LogP contribution is -1.91. The second-order valence-corrected chi connectivity index (χ2v) is 9.90. The van der Waals surface area contributed by atoms with Crippen molar-refractivity contribution < 1.29 is 4.57 Å². The van der Waals surface area contributed by atoms with E-state index >= 15 is 0 Å². The van der Waals surface area contributed by atoms with Gasteiger partial charge in [0, 0.05) is 6.16 Å². The summed E-state index contributed by atoms with van der Waals surface area (Å²) in [6.07, 6.45) is 18.4. The number of hydrogen-bond donors (Lipinski definition) is 0. The SMILES string of the molecule is CCCCCCCCCCCCCCP(C)(=O)CC. The van der Waals surface area contributed by atoms with E-state index in [0.29, 0.717) is 0 Å². The molecule has 0 spiro atoms. The predicted molar refractivity (Wildman–Crippen MR) is 90.0 cm³/mol. The highest BCUT2D eigenvalue weighted by molar-refractivity contribution is 7.63. The van der Waals surface area contributed by atoms with E-state index in [1.807, 2.05) is 6.66 Å². The van der Waals surface area contributed by atoms with Crippen molar-refractivity contribution in [3.63, 3.8) is 0 Å². The van der Waals surface area contributed by atoms with Crippen LogP contribution in [-0.2, 0) is 4.57 Å². The predicted octanol–water partition coefficient (Wildman–Crippen LogP) is 6.70. The van der Waals surface area contributed by atoms with E-state index < -0.39 is 7.14 Å². The minimum absolute atomic E-state index is 0.880. The van der Waals surface area contributed by atoms with Crippen LogP contribution in [0.3, 0.4) is 0 Å². The zero-order valence-corrected chi connectivity index (χ0v) is 14.6. The molecule has 0 saturated carbocycles. The summed E-state index contributed by atoms with van der Waals surface area (Å²) in [5.74, 6) is 0. The van der Waals surface area contributed by atoms with Crippen LogP contribution in [0.5, 0.6) is 0 Å². The third-order valence-corrected chi connectivity index (χ3v) is 6.75. The molecule has 0 aromatic rings. The Morgan fingerprint density at radius 1 is 0.632 bits per heavy atom. The number of rotatable bonds is 14. The Kier molecular flexibility index (Phi) is 13.4. The van der Waals surface area contributed by atoms with Crippen LogP contribution in [0.1, 0.15) is 90.9 Å². The molecule has 0 saturated heterocycles. The van der Waals surface area contributed by atoms with Crippen molar-refractivity contribution in [3.05, 3.63) is 0 Å². The van der Waals surface area contributed by atoms with Crippen LogP contribution in [0.25, 0.3) is 0 Å². The molecule has 0 N–H and O–H groups in total. The third-order valence-electron chi connectivity index (χ3n) is 4.15. The van der Waals surface area contributed by atoms with E-state index in [-0.39, 0.29) is 0 Å². The van der Waals surface area contributed by atoms with Gasteiger partial charge in [0.15, 0.2) is 0 Å². The van der Waals surface area contributed by atoms with Crippen LogP contribution < -0.4 is 0 Å². The molecule has 19 heavy (non-hydrogen) atoms. The van der Waals surface area contributed by atoms with Crippen molar-refractivity contribution in [2.75, 3.05) is 19.0 Å². The van der Waals surface area contributed by atoms with Gasteiger partial charge in [0.2, 0.25) is 0 Å². The van der Waals surface area contributed by atoms with Crippen LogP contribution in [-0.4, -0.2) is 19.0 Å². The van der Waals surface area contributed by atoms with Crippen LogP contribution in [0.4, 0.5) is 0 Å². The fraction of sp³-hybridized carbons (Fsp3) is 1.00. The van der Waals surface area contributed by atoms with Crippen molar-refractivity contribution in [1.29, 1.82) is 0 Å². The molecule has 0 aromatic heterocycles. The van der Waals surface area contributed by atoms with Crippen molar-refractivity contribution in [3.8, 4) is 0 Å². The highest BCUT2D eigenvalue weighted by atomic mass is 31.2. The Bertz CT molecular complexity index is 225. The van der Waals surface area contributed by atoms with Gasteiger partial charge in [0.1, 0.15) is 0 Å². The third kappa shape index (κ3) is 14.4. The minimum atomic E-state index is -1.75. The molecular formula is C17H37OP. The zero-order chi connectivity index (χ0) is 14.4. The molecule has 2 heteroatoms. The second kappa shape index (κ2) is 13.2. The lowest BCUT2D eigenvalue weighted by molar-refractivity contribution is 0.545. The quantitative estimate of drug-likeness (QED) is 0.257. The average molecular weight is 288 g/mol. The minimum Gasteiger partial charge on any atom is -0.324 e.